The van der Waals surface area contributed by atoms with Gasteiger partial charge in [0, 0.05) is 15.1 Å². The van der Waals surface area contributed by atoms with Gasteiger partial charge in [-0.2, -0.15) is 0 Å². The molecular weight excluding hydrogens is 414 g/mol. The van der Waals surface area contributed by atoms with Crippen molar-refractivity contribution in [2.24, 2.45) is 0 Å². The van der Waals surface area contributed by atoms with E-state index in [4.69, 9.17) is 17.3 Å². The number of anilines is 1. The Hall–Kier alpha value is -1.08. The quantitative estimate of drug-likeness (QED) is 0.730. The number of fused-ring (bicyclic) bond motifs is 1. The third kappa shape index (κ3) is 3.08. The van der Waals surface area contributed by atoms with Crippen molar-refractivity contribution >= 4 is 43.1 Å². The highest BCUT2D eigenvalue weighted by molar-refractivity contribution is 9.10. The highest BCUT2D eigenvalue weighted by Gasteiger charge is 2.32. The van der Waals surface area contributed by atoms with E-state index in [9.17, 15) is 13.5 Å². The van der Waals surface area contributed by atoms with Crippen molar-refractivity contribution in [2.75, 3.05) is 5.73 Å². The van der Waals surface area contributed by atoms with Crippen LogP contribution in [0.5, 0.6) is 0 Å². The predicted octanol–water partition coefficient (Wildman–Crippen LogP) is 3.51. The Balaban J connectivity index is 1.98. The van der Waals surface area contributed by atoms with Crippen molar-refractivity contribution in [1.29, 1.82) is 0 Å². The maximum absolute atomic E-state index is 12.9. The predicted molar refractivity (Wildman–Crippen MR) is 98.9 cm³/mol. The van der Waals surface area contributed by atoms with Crippen molar-refractivity contribution in [3.05, 3.63) is 56.5 Å². The minimum Gasteiger partial charge on any atom is -0.398 e. The van der Waals surface area contributed by atoms with Crippen molar-refractivity contribution in [3.63, 3.8) is 0 Å². The zero-order valence-electron chi connectivity index (χ0n) is 12.8. The number of sulfone groups is 1. The second kappa shape index (κ2) is 6.67. The minimum absolute atomic E-state index is 0.151. The summed E-state index contributed by atoms with van der Waals surface area (Å²) in [6.45, 7) is -0.151. The third-order valence-corrected chi connectivity index (χ3v) is 7.66. The molecule has 0 aromatic heterocycles. The van der Waals surface area contributed by atoms with E-state index < -0.39 is 15.1 Å². The van der Waals surface area contributed by atoms with Gasteiger partial charge in [-0.15, -0.1) is 0 Å². The van der Waals surface area contributed by atoms with Gasteiger partial charge >= 0.3 is 0 Å². The van der Waals surface area contributed by atoms with Gasteiger partial charge in [0.1, 0.15) is 0 Å². The molecule has 24 heavy (non-hydrogen) atoms. The third-order valence-electron chi connectivity index (χ3n) is 4.54. The molecule has 0 saturated heterocycles. The van der Waals surface area contributed by atoms with Crippen molar-refractivity contribution in [3.8, 4) is 0 Å². The van der Waals surface area contributed by atoms with Crippen LogP contribution in [0.4, 0.5) is 5.69 Å². The van der Waals surface area contributed by atoms with Crippen LogP contribution in [-0.4, -0.2) is 18.8 Å². The van der Waals surface area contributed by atoms with Gasteiger partial charge in [-0.1, -0.05) is 11.6 Å². The first-order valence-corrected chi connectivity index (χ1v) is 10.2. The number of hydrogen-bond acceptors (Lipinski definition) is 4. The van der Waals surface area contributed by atoms with Crippen LogP contribution in [0, 0.1) is 0 Å². The van der Waals surface area contributed by atoms with Crippen LogP contribution in [0.1, 0.15) is 23.1 Å². The van der Waals surface area contributed by atoms with Gasteiger partial charge in [-0.25, -0.2) is 8.42 Å². The Kier molecular flexibility index (Phi) is 4.93. The van der Waals surface area contributed by atoms with Gasteiger partial charge in [0.05, 0.1) is 22.4 Å². The molecule has 1 aliphatic carbocycles. The van der Waals surface area contributed by atoms with Crippen LogP contribution in [-0.2, 0) is 29.3 Å². The van der Waals surface area contributed by atoms with E-state index in [1.54, 1.807) is 24.3 Å². The normalized spacial score (nSPS) is 17.5. The number of benzene rings is 2. The van der Waals surface area contributed by atoms with Crippen LogP contribution >= 0.6 is 27.5 Å². The van der Waals surface area contributed by atoms with E-state index in [2.05, 4.69) is 15.9 Å². The van der Waals surface area contributed by atoms with E-state index in [-0.39, 0.29) is 11.5 Å². The molecule has 0 fully saturated rings. The monoisotopic (exact) mass is 429 g/mol. The topological polar surface area (TPSA) is 80.4 Å². The average molecular weight is 431 g/mol. The van der Waals surface area contributed by atoms with Crippen LogP contribution < -0.4 is 5.73 Å². The minimum atomic E-state index is -3.43. The number of hydrogen-bond donors (Lipinski definition) is 2. The summed E-state index contributed by atoms with van der Waals surface area (Å²) < 4.78 is 26.5. The molecule has 3 rings (SSSR count). The number of aliphatic hydroxyl groups excluding tert-OH is 1. The average Bonchev–Trinajstić information content (AvgIpc) is 2.56. The van der Waals surface area contributed by atoms with Crippen molar-refractivity contribution in [2.45, 2.75) is 36.0 Å². The molecular formula is C17H17BrClNO3S. The zero-order chi connectivity index (χ0) is 17.5. The molecule has 1 aliphatic rings. The Bertz CT molecular complexity index is 882. The van der Waals surface area contributed by atoms with Gasteiger partial charge < -0.3 is 10.8 Å². The Morgan fingerprint density at radius 3 is 2.58 bits per heavy atom. The summed E-state index contributed by atoms with van der Waals surface area (Å²) >= 11 is 9.23. The Morgan fingerprint density at radius 1 is 1.29 bits per heavy atom. The van der Waals surface area contributed by atoms with Gasteiger partial charge in [-0.05, 0) is 76.7 Å². The maximum atomic E-state index is 12.9. The molecule has 2 aromatic rings. The summed E-state index contributed by atoms with van der Waals surface area (Å²) in [7, 11) is -3.43. The first-order chi connectivity index (χ1) is 11.3. The molecule has 4 nitrogen and oxygen atoms in total. The van der Waals surface area contributed by atoms with Crippen molar-refractivity contribution in [1.82, 2.24) is 0 Å². The fraction of sp³-hybridized carbons (Fsp3) is 0.294. The summed E-state index contributed by atoms with van der Waals surface area (Å²) in [6.07, 6.45) is 1.50. The summed E-state index contributed by atoms with van der Waals surface area (Å²) in [5, 5.41) is 9.61. The van der Waals surface area contributed by atoms with Crippen LogP contribution in [0.2, 0.25) is 5.02 Å². The number of halogens is 2. The summed E-state index contributed by atoms with van der Waals surface area (Å²) in [5.41, 5.74) is 9.12. The molecule has 0 bridgehead atoms. The highest BCUT2D eigenvalue weighted by Crippen LogP contribution is 2.36. The zero-order valence-corrected chi connectivity index (χ0v) is 16.0. The molecule has 1 atom stereocenters. The molecule has 0 spiro atoms. The first kappa shape index (κ1) is 17.7. The summed E-state index contributed by atoms with van der Waals surface area (Å²) in [6, 6.07) is 8.14. The Morgan fingerprint density at radius 2 is 1.96 bits per heavy atom. The van der Waals surface area contributed by atoms with Crippen LogP contribution in [0.3, 0.4) is 0 Å². The largest absolute Gasteiger partial charge is 0.398 e. The van der Waals surface area contributed by atoms with Crippen LogP contribution in [0.15, 0.2) is 39.7 Å². The maximum Gasteiger partial charge on any atom is 0.181 e. The standard InChI is InChI=1S/C17H17BrClNO3S/c18-16-8-10-7-13(5-6-14(10)15(9-21)17(16)20)24(22,23)12-3-1-11(19)2-4-12/h1-4,8,13,21H,5-7,9,20H2. The second-order valence-electron chi connectivity index (χ2n) is 5.91. The second-order valence-corrected chi connectivity index (χ2v) is 9.43. The SMILES string of the molecule is Nc1c(Br)cc2c(c1CO)CCC(S(=O)(=O)c1ccc(Cl)cc1)C2. The van der Waals surface area contributed by atoms with Crippen LogP contribution in [0.25, 0.3) is 0 Å². The Labute approximate surface area is 154 Å². The molecule has 0 radical (unpaired) electrons. The van der Waals surface area contributed by atoms with Gasteiger partial charge in [0.25, 0.3) is 0 Å². The lowest BCUT2D eigenvalue weighted by Crippen LogP contribution is -2.29. The van der Waals surface area contributed by atoms with Gasteiger partial charge in [0.15, 0.2) is 9.84 Å². The summed E-state index contributed by atoms with van der Waals surface area (Å²) in [4.78, 5) is 0.289. The fourth-order valence-corrected chi connectivity index (χ4v) is 5.60. The van der Waals surface area contributed by atoms with E-state index in [0.717, 1.165) is 11.1 Å². The molecule has 2 aromatic carbocycles. The molecule has 7 heteroatoms. The number of nitrogen functional groups attached to an aromatic ring is 1. The molecule has 0 amide bonds. The summed E-state index contributed by atoms with van der Waals surface area (Å²) in [5.74, 6) is 0. The number of nitrogens with two attached hydrogens (primary N) is 1. The van der Waals surface area contributed by atoms with E-state index in [1.807, 2.05) is 6.07 Å². The molecule has 3 N–H and O–H groups in total. The van der Waals surface area contributed by atoms with E-state index >= 15 is 0 Å². The highest BCUT2D eigenvalue weighted by atomic mass is 79.9. The fourth-order valence-electron chi connectivity index (χ4n) is 3.23. The molecule has 0 aliphatic heterocycles. The lowest BCUT2D eigenvalue weighted by Gasteiger charge is -2.27. The van der Waals surface area contributed by atoms with Gasteiger partial charge in [-0.3, -0.25) is 0 Å². The van der Waals surface area contributed by atoms with E-state index in [1.165, 1.54) is 0 Å². The lowest BCUT2D eigenvalue weighted by atomic mass is 9.87. The lowest BCUT2D eigenvalue weighted by molar-refractivity contribution is 0.280. The first-order valence-electron chi connectivity index (χ1n) is 7.53. The van der Waals surface area contributed by atoms with Gasteiger partial charge in [0.2, 0.25) is 0 Å². The number of rotatable bonds is 3. The van der Waals surface area contributed by atoms with Crippen molar-refractivity contribution < 1.29 is 13.5 Å². The number of aliphatic hydroxyl groups is 1. The molecule has 0 saturated carbocycles. The smallest absolute Gasteiger partial charge is 0.181 e. The molecule has 128 valence electrons. The molecule has 1 unspecified atom stereocenters. The van der Waals surface area contributed by atoms with E-state index in [0.29, 0.717) is 40.0 Å². The molecule has 0 heterocycles.